The smallest absolute Gasteiger partial charge is 0.159 e. The first-order chi connectivity index (χ1) is 22.3. The minimum atomic E-state index is -0.255. The summed E-state index contributed by atoms with van der Waals surface area (Å²) >= 11 is 0. The fourth-order valence-corrected chi connectivity index (χ4v) is 6.23. The Kier molecular flexibility index (Phi) is 5.81. The highest BCUT2D eigenvalue weighted by atomic mass is 16.3. The van der Waals surface area contributed by atoms with Crippen LogP contribution in [0, 0.1) is 0 Å². The largest absolute Gasteiger partial charge is 0.454 e. The van der Waals surface area contributed by atoms with Gasteiger partial charge in [-0.2, -0.15) is 0 Å². The molecule has 0 saturated carbocycles. The highest BCUT2D eigenvalue weighted by molar-refractivity contribution is 6.16. The summed E-state index contributed by atoms with van der Waals surface area (Å²) in [6.45, 7) is 0. The van der Waals surface area contributed by atoms with Crippen molar-refractivity contribution in [1.29, 1.82) is 0 Å². The minimum absolute atomic E-state index is 0.255. The van der Waals surface area contributed by atoms with Gasteiger partial charge in [0.1, 0.15) is 17.6 Å². The molecule has 212 valence electrons. The number of pyridine rings is 1. The Morgan fingerprint density at radius 1 is 0.556 bits per heavy atom. The van der Waals surface area contributed by atoms with E-state index >= 15 is 0 Å². The molecule has 8 aromatic rings. The third kappa shape index (κ3) is 4.45. The van der Waals surface area contributed by atoms with Crippen LogP contribution in [0.4, 0.5) is 0 Å². The lowest BCUT2D eigenvalue weighted by Gasteiger charge is -2.24. The molecule has 1 aliphatic rings. The summed E-state index contributed by atoms with van der Waals surface area (Å²) in [5, 5.41) is 10.4. The number of amidine groups is 2. The maximum Gasteiger partial charge on any atom is 0.159 e. The molecule has 9 rings (SSSR count). The van der Waals surface area contributed by atoms with Gasteiger partial charge >= 0.3 is 0 Å². The Morgan fingerprint density at radius 3 is 2.13 bits per heavy atom. The van der Waals surface area contributed by atoms with E-state index in [0.29, 0.717) is 5.84 Å². The minimum Gasteiger partial charge on any atom is -0.454 e. The van der Waals surface area contributed by atoms with Gasteiger partial charge in [0, 0.05) is 32.8 Å². The first kappa shape index (κ1) is 25.4. The first-order valence-corrected chi connectivity index (χ1v) is 15.0. The maximum absolute atomic E-state index is 6.27. The molecule has 0 aliphatic carbocycles. The van der Waals surface area contributed by atoms with Crippen LogP contribution in [0.1, 0.15) is 22.9 Å². The summed E-state index contributed by atoms with van der Waals surface area (Å²) in [4.78, 5) is 14.8. The van der Waals surface area contributed by atoms with Crippen LogP contribution in [-0.4, -0.2) is 16.7 Å². The lowest BCUT2D eigenvalue weighted by Crippen LogP contribution is -2.33. The van der Waals surface area contributed by atoms with Crippen LogP contribution >= 0.6 is 0 Å². The van der Waals surface area contributed by atoms with Crippen LogP contribution in [0.5, 0.6) is 0 Å². The quantitative estimate of drug-likeness (QED) is 0.226. The molecule has 5 heteroatoms. The van der Waals surface area contributed by atoms with Gasteiger partial charge in [0.2, 0.25) is 0 Å². The van der Waals surface area contributed by atoms with Crippen molar-refractivity contribution >= 4 is 55.2 Å². The second-order valence-corrected chi connectivity index (χ2v) is 11.3. The van der Waals surface area contributed by atoms with E-state index in [1.807, 2.05) is 36.5 Å². The van der Waals surface area contributed by atoms with Crippen molar-refractivity contribution in [2.75, 3.05) is 0 Å². The van der Waals surface area contributed by atoms with Crippen molar-refractivity contribution in [1.82, 2.24) is 10.3 Å². The summed E-state index contributed by atoms with van der Waals surface area (Å²) in [7, 11) is 0. The van der Waals surface area contributed by atoms with Gasteiger partial charge in [0.05, 0.1) is 11.9 Å². The van der Waals surface area contributed by atoms with Crippen LogP contribution in [0.3, 0.4) is 0 Å². The Morgan fingerprint density at radius 2 is 1.27 bits per heavy atom. The number of nitrogens with one attached hydrogen (secondary N) is 1. The molecule has 6 aromatic carbocycles. The van der Waals surface area contributed by atoms with Gasteiger partial charge in [-0.1, -0.05) is 121 Å². The Hall–Kier alpha value is -6.07. The summed E-state index contributed by atoms with van der Waals surface area (Å²) < 4.78 is 6.27. The molecule has 0 fully saturated rings. The number of hydrogen-bond donors (Lipinski definition) is 1. The van der Waals surface area contributed by atoms with E-state index in [4.69, 9.17) is 19.4 Å². The molecule has 0 bridgehead atoms. The molecule has 1 unspecified atom stereocenters. The topological polar surface area (TPSA) is 62.8 Å². The molecule has 45 heavy (non-hydrogen) atoms. The number of fused-ring (bicyclic) bond motifs is 6. The van der Waals surface area contributed by atoms with E-state index in [9.17, 15) is 0 Å². The monoisotopic (exact) mass is 578 g/mol. The number of benzene rings is 6. The fourth-order valence-electron chi connectivity index (χ4n) is 6.23. The number of furan rings is 1. The average molecular weight is 579 g/mol. The summed E-state index contributed by atoms with van der Waals surface area (Å²) in [6, 6.07) is 48.2. The van der Waals surface area contributed by atoms with Crippen LogP contribution < -0.4 is 5.32 Å². The van der Waals surface area contributed by atoms with Crippen molar-refractivity contribution in [3.8, 4) is 11.3 Å². The molecule has 0 spiro atoms. The van der Waals surface area contributed by atoms with Crippen molar-refractivity contribution in [2.24, 2.45) is 9.98 Å². The molecule has 5 nitrogen and oxygen atoms in total. The maximum atomic E-state index is 6.27. The predicted molar refractivity (Wildman–Crippen MR) is 184 cm³/mol. The van der Waals surface area contributed by atoms with Gasteiger partial charge in [0.15, 0.2) is 11.4 Å². The van der Waals surface area contributed by atoms with Crippen LogP contribution in [0.25, 0.3) is 54.7 Å². The van der Waals surface area contributed by atoms with Crippen LogP contribution in [0.15, 0.2) is 160 Å². The molecular weight excluding hydrogens is 552 g/mol. The Labute approximate surface area is 259 Å². The first-order valence-electron chi connectivity index (χ1n) is 15.0. The number of nitrogens with zero attached hydrogens (tertiary/aromatic N) is 3. The molecule has 0 amide bonds. The van der Waals surface area contributed by atoms with Gasteiger partial charge in [-0.15, -0.1) is 0 Å². The normalized spacial score (nSPS) is 14.9. The van der Waals surface area contributed by atoms with E-state index in [1.165, 1.54) is 5.39 Å². The molecule has 0 radical (unpaired) electrons. The van der Waals surface area contributed by atoms with E-state index in [-0.39, 0.29) is 6.17 Å². The van der Waals surface area contributed by atoms with E-state index < -0.39 is 0 Å². The molecule has 2 aromatic heterocycles. The Balaban J connectivity index is 1.09. The lowest BCUT2D eigenvalue weighted by molar-refractivity contribution is 0.670. The van der Waals surface area contributed by atoms with Gasteiger partial charge in [-0.25, -0.2) is 9.98 Å². The summed E-state index contributed by atoms with van der Waals surface area (Å²) in [5.74, 6) is 1.49. The molecule has 1 N–H and O–H groups in total. The fraction of sp³-hybridized carbons (Fsp3) is 0.0250. The van der Waals surface area contributed by atoms with Crippen LogP contribution in [0.2, 0.25) is 0 Å². The zero-order valence-electron chi connectivity index (χ0n) is 24.2. The van der Waals surface area contributed by atoms with Gasteiger partial charge in [0.25, 0.3) is 0 Å². The standard InChI is InChI=1S/C40H26N4O/c1-2-10-28(11-3-1)38-42-39(44-40(43-38)31-19-14-25-8-4-5-12-30(25)22-31)29-17-15-27(16-18-29)35-23-34-33-21-20-26-9-6-7-13-32(26)37(33)45-36(34)24-41-35/h1-24,38H,(H,42,43,44). The third-order valence-electron chi connectivity index (χ3n) is 8.57. The molecular formula is C40H26N4O. The Bertz CT molecular complexity index is 2460. The number of hydrogen-bond acceptors (Lipinski definition) is 5. The SMILES string of the molecule is c1ccc(C2N=C(c3ccc4ccccc4c3)N=C(c3ccc(-c4cc5c(cn4)oc4c6ccccc6ccc54)cc3)N2)cc1. The molecule has 1 aliphatic heterocycles. The van der Waals surface area contributed by atoms with E-state index in [0.717, 1.165) is 71.9 Å². The van der Waals surface area contributed by atoms with E-state index in [2.05, 4.69) is 115 Å². The van der Waals surface area contributed by atoms with Crippen molar-refractivity contribution in [3.63, 3.8) is 0 Å². The lowest BCUT2D eigenvalue weighted by atomic mass is 10.0. The van der Waals surface area contributed by atoms with Crippen molar-refractivity contribution in [3.05, 3.63) is 162 Å². The second-order valence-electron chi connectivity index (χ2n) is 11.3. The molecule has 1 atom stereocenters. The number of aliphatic imine (C=N–C) groups is 2. The number of rotatable bonds is 4. The molecule has 3 heterocycles. The second kappa shape index (κ2) is 10.3. The highest BCUT2D eigenvalue weighted by Gasteiger charge is 2.21. The third-order valence-corrected chi connectivity index (χ3v) is 8.57. The zero-order valence-corrected chi connectivity index (χ0v) is 24.2. The van der Waals surface area contributed by atoms with Gasteiger partial charge < -0.3 is 9.73 Å². The van der Waals surface area contributed by atoms with Crippen LogP contribution in [-0.2, 0) is 0 Å². The predicted octanol–water partition coefficient (Wildman–Crippen LogP) is 9.45. The number of aromatic nitrogens is 1. The van der Waals surface area contributed by atoms with Gasteiger partial charge in [-0.3, -0.25) is 4.98 Å². The highest BCUT2D eigenvalue weighted by Crippen LogP contribution is 2.35. The van der Waals surface area contributed by atoms with Gasteiger partial charge in [-0.05, 0) is 39.9 Å². The van der Waals surface area contributed by atoms with Crippen molar-refractivity contribution in [2.45, 2.75) is 6.17 Å². The molecule has 0 saturated heterocycles. The summed E-state index contributed by atoms with van der Waals surface area (Å²) in [6.07, 6.45) is 1.58. The van der Waals surface area contributed by atoms with Crippen molar-refractivity contribution < 1.29 is 4.42 Å². The van der Waals surface area contributed by atoms with E-state index in [1.54, 1.807) is 0 Å². The summed E-state index contributed by atoms with van der Waals surface area (Å²) in [5.41, 5.74) is 6.65. The zero-order chi connectivity index (χ0) is 29.7. The average Bonchev–Trinajstić information content (AvgIpc) is 3.50.